The Morgan fingerprint density at radius 3 is 3.27 bits per heavy atom. The molecule has 3 nitrogen and oxygen atoms in total. The normalized spacial score (nSPS) is 13.5. The van der Waals surface area contributed by atoms with Crippen LogP contribution in [0.4, 0.5) is 0 Å². The van der Waals surface area contributed by atoms with Crippen LogP contribution in [0.3, 0.4) is 0 Å². The Balaban J connectivity index is 1.96. The van der Waals surface area contributed by atoms with E-state index in [-0.39, 0.29) is 6.04 Å². The van der Waals surface area contributed by atoms with Crippen LogP contribution in [0.5, 0.6) is 0 Å². The molecule has 82 valence electrons. The third-order valence-electron chi connectivity index (χ3n) is 2.15. The molecule has 2 rings (SSSR count). The molecule has 0 saturated carbocycles. The SMILES string of the molecule is CCSCC(N)Cc1cn2ccsc2n1. The summed E-state index contributed by atoms with van der Waals surface area (Å²) in [5, 5.41) is 2.04. The largest absolute Gasteiger partial charge is 0.327 e. The first-order valence-corrected chi connectivity index (χ1v) is 7.07. The average Bonchev–Trinajstić information content (AvgIpc) is 2.74. The van der Waals surface area contributed by atoms with Gasteiger partial charge >= 0.3 is 0 Å². The number of thioether (sulfide) groups is 1. The maximum atomic E-state index is 6.02. The number of imidazole rings is 1. The van der Waals surface area contributed by atoms with Crippen molar-refractivity contribution in [2.75, 3.05) is 11.5 Å². The van der Waals surface area contributed by atoms with E-state index in [1.807, 2.05) is 23.3 Å². The number of nitrogens with zero attached hydrogens (tertiary/aromatic N) is 2. The Hall–Kier alpha value is -0.520. The molecular formula is C10H15N3S2. The molecule has 0 aliphatic carbocycles. The topological polar surface area (TPSA) is 43.3 Å². The van der Waals surface area contributed by atoms with Crippen molar-refractivity contribution < 1.29 is 0 Å². The monoisotopic (exact) mass is 241 g/mol. The van der Waals surface area contributed by atoms with Crippen molar-refractivity contribution in [3.63, 3.8) is 0 Å². The van der Waals surface area contributed by atoms with Crippen molar-refractivity contribution in [3.8, 4) is 0 Å². The molecule has 0 bridgehead atoms. The van der Waals surface area contributed by atoms with Crippen molar-refractivity contribution in [2.45, 2.75) is 19.4 Å². The Kier molecular flexibility index (Phi) is 3.66. The minimum absolute atomic E-state index is 0.222. The number of hydrogen-bond donors (Lipinski definition) is 1. The van der Waals surface area contributed by atoms with Crippen molar-refractivity contribution in [2.24, 2.45) is 5.73 Å². The highest BCUT2D eigenvalue weighted by Gasteiger charge is 2.07. The van der Waals surface area contributed by atoms with E-state index in [1.54, 1.807) is 11.3 Å². The third-order valence-corrected chi connectivity index (χ3v) is 3.99. The first-order chi connectivity index (χ1) is 7.29. The van der Waals surface area contributed by atoms with E-state index in [4.69, 9.17) is 5.73 Å². The minimum Gasteiger partial charge on any atom is -0.327 e. The Labute approximate surface area is 97.7 Å². The van der Waals surface area contributed by atoms with Crippen molar-refractivity contribution in [3.05, 3.63) is 23.5 Å². The van der Waals surface area contributed by atoms with Crippen LogP contribution >= 0.6 is 23.1 Å². The number of nitrogens with two attached hydrogens (primary N) is 1. The average molecular weight is 241 g/mol. The molecule has 1 atom stereocenters. The highest BCUT2D eigenvalue weighted by molar-refractivity contribution is 7.99. The number of hydrogen-bond acceptors (Lipinski definition) is 4. The molecule has 5 heteroatoms. The predicted octanol–water partition coefficient (Wildman–Crippen LogP) is 2.02. The number of thiazole rings is 1. The smallest absolute Gasteiger partial charge is 0.193 e. The molecule has 0 aromatic carbocycles. The molecule has 0 fully saturated rings. The van der Waals surface area contributed by atoms with Gasteiger partial charge in [0.1, 0.15) is 0 Å². The van der Waals surface area contributed by atoms with E-state index < -0.39 is 0 Å². The lowest BCUT2D eigenvalue weighted by Gasteiger charge is -2.07. The van der Waals surface area contributed by atoms with E-state index in [9.17, 15) is 0 Å². The Morgan fingerprint density at radius 1 is 1.67 bits per heavy atom. The summed E-state index contributed by atoms with van der Waals surface area (Å²) in [5.41, 5.74) is 7.12. The van der Waals surface area contributed by atoms with Gasteiger partial charge in [-0.1, -0.05) is 6.92 Å². The van der Waals surface area contributed by atoms with E-state index >= 15 is 0 Å². The highest BCUT2D eigenvalue weighted by atomic mass is 32.2. The number of aromatic nitrogens is 2. The van der Waals surface area contributed by atoms with Crippen molar-refractivity contribution in [1.29, 1.82) is 0 Å². The van der Waals surface area contributed by atoms with Gasteiger partial charge in [0.05, 0.1) is 5.69 Å². The molecule has 0 radical (unpaired) electrons. The summed E-state index contributed by atoms with van der Waals surface area (Å²) >= 11 is 3.55. The lowest BCUT2D eigenvalue weighted by molar-refractivity contribution is 0.736. The second kappa shape index (κ2) is 5.01. The fraction of sp³-hybridized carbons (Fsp3) is 0.500. The zero-order valence-electron chi connectivity index (χ0n) is 8.72. The van der Waals surface area contributed by atoms with E-state index in [2.05, 4.69) is 22.5 Å². The first kappa shape index (κ1) is 11.0. The molecule has 15 heavy (non-hydrogen) atoms. The van der Waals surface area contributed by atoms with Crippen molar-refractivity contribution in [1.82, 2.24) is 9.38 Å². The van der Waals surface area contributed by atoms with Crippen LogP contribution < -0.4 is 5.73 Å². The summed E-state index contributed by atoms with van der Waals surface area (Å²) in [5.74, 6) is 2.15. The lowest BCUT2D eigenvalue weighted by atomic mass is 10.2. The van der Waals surface area contributed by atoms with Gasteiger partial charge in [-0.3, -0.25) is 4.40 Å². The molecule has 2 heterocycles. The summed E-state index contributed by atoms with van der Waals surface area (Å²) in [6.07, 6.45) is 4.98. The zero-order valence-corrected chi connectivity index (χ0v) is 10.4. The van der Waals surface area contributed by atoms with Gasteiger partial charge in [-0.2, -0.15) is 11.8 Å². The summed E-state index contributed by atoms with van der Waals surface area (Å²) < 4.78 is 2.06. The van der Waals surface area contributed by atoms with Gasteiger partial charge in [-0.05, 0) is 5.75 Å². The molecule has 2 N–H and O–H groups in total. The van der Waals surface area contributed by atoms with Gasteiger partial charge < -0.3 is 5.73 Å². The summed E-state index contributed by atoms with van der Waals surface area (Å²) in [4.78, 5) is 5.57. The zero-order chi connectivity index (χ0) is 10.7. The van der Waals surface area contributed by atoms with E-state index in [1.165, 1.54) is 0 Å². The Morgan fingerprint density at radius 2 is 2.53 bits per heavy atom. The molecule has 2 aromatic heterocycles. The van der Waals surface area contributed by atoms with Gasteiger partial charge in [0.25, 0.3) is 0 Å². The molecule has 1 unspecified atom stereocenters. The van der Waals surface area contributed by atoms with Crippen LogP contribution in [0, 0.1) is 0 Å². The molecule has 2 aromatic rings. The van der Waals surface area contributed by atoms with Crippen molar-refractivity contribution >= 4 is 28.1 Å². The summed E-state index contributed by atoms with van der Waals surface area (Å²) in [7, 11) is 0. The van der Waals surface area contributed by atoms with Crippen LogP contribution in [0.2, 0.25) is 0 Å². The first-order valence-electron chi connectivity index (χ1n) is 5.04. The van der Waals surface area contributed by atoms with Gasteiger partial charge in [-0.15, -0.1) is 11.3 Å². The second-order valence-electron chi connectivity index (χ2n) is 3.45. The van der Waals surface area contributed by atoms with E-state index in [0.29, 0.717) is 0 Å². The standard InChI is InChI=1S/C10H15N3S2/c1-2-14-7-8(11)5-9-6-13-3-4-15-10(13)12-9/h3-4,6,8H,2,5,7,11H2,1H3. The summed E-state index contributed by atoms with van der Waals surface area (Å²) in [6.45, 7) is 2.16. The lowest BCUT2D eigenvalue weighted by Crippen LogP contribution is -2.25. The van der Waals surface area contributed by atoms with Gasteiger partial charge in [0.15, 0.2) is 4.96 Å². The molecule has 0 spiro atoms. The van der Waals surface area contributed by atoms with Crippen LogP contribution in [0.1, 0.15) is 12.6 Å². The second-order valence-corrected chi connectivity index (χ2v) is 5.64. The molecule has 0 aliphatic heterocycles. The summed E-state index contributed by atoms with van der Waals surface area (Å²) in [6, 6.07) is 0.222. The minimum atomic E-state index is 0.222. The van der Waals surface area contributed by atoms with E-state index in [0.717, 1.165) is 28.6 Å². The van der Waals surface area contributed by atoms with Crippen LogP contribution in [-0.2, 0) is 6.42 Å². The fourth-order valence-corrected chi connectivity index (χ4v) is 2.85. The molecule has 0 aliphatic rings. The fourth-order valence-electron chi connectivity index (χ4n) is 1.47. The van der Waals surface area contributed by atoms with Gasteiger partial charge in [-0.25, -0.2) is 4.98 Å². The van der Waals surface area contributed by atoms with Crippen LogP contribution in [0.15, 0.2) is 17.8 Å². The quantitative estimate of drug-likeness (QED) is 0.871. The number of rotatable bonds is 5. The maximum Gasteiger partial charge on any atom is 0.193 e. The predicted molar refractivity (Wildman–Crippen MR) is 67.7 cm³/mol. The van der Waals surface area contributed by atoms with Crippen LogP contribution in [0.25, 0.3) is 4.96 Å². The van der Waals surface area contributed by atoms with Gasteiger partial charge in [0, 0.05) is 36.0 Å². The van der Waals surface area contributed by atoms with Gasteiger partial charge in [0.2, 0.25) is 0 Å². The highest BCUT2D eigenvalue weighted by Crippen LogP contribution is 2.13. The third kappa shape index (κ3) is 2.74. The molecule has 0 saturated heterocycles. The number of fused-ring (bicyclic) bond motifs is 1. The Bertz CT molecular complexity index is 392. The molecular weight excluding hydrogens is 226 g/mol. The van der Waals surface area contributed by atoms with Crippen LogP contribution in [-0.4, -0.2) is 26.9 Å². The molecule has 0 amide bonds. The maximum absolute atomic E-state index is 6.02.